The molecule has 0 aliphatic carbocycles. The second-order valence-electron chi connectivity index (χ2n) is 7.68. The fourth-order valence-electron chi connectivity index (χ4n) is 3.51. The number of carboxylic acids is 1. The van der Waals surface area contributed by atoms with Crippen LogP contribution in [0.4, 0.5) is 18.0 Å². The number of amides is 2. The molecule has 178 valence electrons. The van der Waals surface area contributed by atoms with Gasteiger partial charge in [0.15, 0.2) is 0 Å². The molecule has 0 fully saturated rings. The number of carbonyl (C=O) groups excluding carboxylic acids is 1. The highest BCUT2D eigenvalue weighted by atomic mass is 19.4. The number of halogens is 3. The third kappa shape index (κ3) is 6.57. The minimum atomic E-state index is -4.55. The van der Waals surface area contributed by atoms with E-state index in [1.54, 1.807) is 13.0 Å². The molecule has 0 saturated carbocycles. The number of aliphatic carboxylic acids is 1. The van der Waals surface area contributed by atoms with Crippen LogP contribution in [0.15, 0.2) is 67.0 Å². The van der Waals surface area contributed by atoms with Crippen molar-refractivity contribution in [2.24, 2.45) is 0 Å². The summed E-state index contributed by atoms with van der Waals surface area (Å²) in [6.45, 7) is 2.23. The number of nitrogens with one attached hydrogen (secondary N) is 1. The lowest BCUT2D eigenvalue weighted by Gasteiger charge is -2.24. The molecule has 6 nitrogen and oxygen atoms in total. The van der Waals surface area contributed by atoms with Gasteiger partial charge in [-0.05, 0) is 47.4 Å². The molecule has 2 aromatic carbocycles. The van der Waals surface area contributed by atoms with E-state index < -0.39 is 23.7 Å². The zero-order chi connectivity index (χ0) is 24.7. The number of carbonyl (C=O) groups is 2. The summed E-state index contributed by atoms with van der Waals surface area (Å²) >= 11 is 0. The summed E-state index contributed by atoms with van der Waals surface area (Å²) in [6, 6.07) is 13.8. The van der Waals surface area contributed by atoms with Crippen LogP contribution in [0.3, 0.4) is 0 Å². The lowest BCUT2D eigenvalue weighted by atomic mass is 9.96. The highest BCUT2D eigenvalue weighted by Crippen LogP contribution is 2.34. The van der Waals surface area contributed by atoms with Crippen LogP contribution in [0.1, 0.15) is 29.2 Å². The minimum absolute atomic E-state index is 0.0699. The van der Waals surface area contributed by atoms with E-state index in [0.717, 1.165) is 17.7 Å². The van der Waals surface area contributed by atoms with E-state index in [4.69, 9.17) is 5.11 Å². The topological polar surface area (TPSA) is 82.5 Å². The number of alkyl halides is 3. The Hall–Kier alpha value is -3.88. The molecule has 0 saturated heterocycles. The number of benzene rings is 2. The van der Waals surface area contributed by atoms with Gasteiger partial charge in [-0.15, -0.1) is 0 Å². The molecule has 9 heteroatoms. The number of hydrogen-bond donors (Lipinski definition) is 2. The first kappa shape index (κ1) is 24.8. The van der Waals surface area contributed by atoms with E-state index in [1.807, 2.05) is 30.3 Å². The summed E-state index contributed by atoms with van der Waals surface area (Å²) in [4.78, 5) is 29.3. The Morgan fingerprint density at radius 1 is 1.03 bits per heavy atom. The first-order valence-electron chi connectivity index (χ1n) is 10.6. The van der Waals surface area contributed by atoms with E-state index in [-0.39, 0.29) is 31.6 Å². The quantitative estimate of drug-likeness (QED) is 0.477. The van der Waals surface area contributed by atoms with Crippen molar-refractivity contribution < 1.29 is 27.9 Å². The van der Waals surface area contributed by atoms with Crippen LogP contribution >= 0.6 is 0 Å². The van der Waals surface area contributed by atoms with Crippen molar-refractivity contribution in [2.75, 3.05) is 6.54 Å². The predicted molar refractivity (Wildman–Crippen MR) is 121 cm³/mol. The Morgan fingerprint density at radius 2 is 1.76 bits per heavy atom. The summed E-state index contributed by atoms with van der Waals surface area (Å²) in [6.07, 6.45) is -1.96. The second kappa shape index (κ2) is 10.8. The van der Waals surface area contributed by atoms with Gasteiger partial charge in [-0.3, -0.25) is 9.78 Å². The van der Waals surface area contributed by atoms with Gasteiger partial charge in [0.2, 0.25) is 0 Å². The van der Waals surface area contributed by atoms with Crippen LogP contribution in [-0.2, 0) is 30.5 Å². The second-order valence-corrected chi connectivity index (χ2v) is 7.68. The number of hydrogen-bond acceptors (Lipinski definition) is 3. The van der Waals surface area contributed by atoms with Gasteiger partial charge in [-0.2, -0.15) is 13.2 Å². The molecule has 0 aliphatic heterocycles. The van der Waals surface area contributed by atoms with Crippen LogP contribution in [-0.4, -0.2) is 33.5 Å². The van der Waals surface area contributed by atoms with Gasteiger partial charge < -0.3 is 15.3 Å². The SMILES string of the molecule is CCN(Cc1cc(C(F)(F)F)ccc1-c1cncc(CC(=O)O)c1)C(=O)NCc1ccccc1. The maximum Gasteiger partial charge on any atom is 0.416 e. The largest absolute Gasteiger partial charge is 0.481 e. The summed E-state index contributed by atoms with van der Waals surface area (Å²) in [5.74, 6) is -1.04. The molecule has 1 aromatic heterocycles. The molecule has 1 heterocycles. The third-order valence-electron chi connectivity index (χ3n) is 5.21. The van der Waals surface area contributed by atoms with Crippen molar-refractivity contribution in [3.8, 4) is 11.1 Å². The summed E-state index contributed by atoms with van der Waals surface area (Å²) in [5, 5.41) is 11.8. The molecule has 0 unspecified atom stereocenters. The number of urea groups is 1. The first-order chi connectivity index (χ1) is 16.2. The Bertz CT molecular complexity index is 1150. The van der Waals surface area contributed by atoms with Crippen LogP contribution in [0, 0.1) is 0 Å². The fourth-order valence-corrected chi connectivity index (χ4v) is 3.51. The predicted octanol–water partition coefficient (Wildman–Crippen LogP) is 5.13. The van der Waals surface area contributed by atoms with E-state index in [1.165, 1.54) is 23.4 Å². The average Bonchev–Trinajstić information content (AvgIpc) is 2.80. The summed E-state index contributed by atoms with van der Waals surface area (Å²) in [5.41, 5.74) is 1.68. The molecule has 34 heavy (non-hydrogen) atoms. The van der Waals surface area contributed by atoms with Crippen molar-refractivity contribution in [3.05, 3.63) is 89.2 Å². The minimum Gasteiger partial charge on any atom is -0.481 e. The monoisotopic (exact) mass is 471 g/mol. The maximum atomic E-state index is 13.4. The Labute approximate surface area is 195 Å². The van der Waals surface area contributed by atoms with E-state index in [0.29, 0.717) is 16.7 Å². The van der Waals surface area contributed by atoms with Crippen LogP contribution in [0.25, 0.3) is 11.1 Å². The number of carboxylic acid groups (broad SMARTS) is 1. The normalized spacial score (nSPS) is 11.2. The van der Waals surface area contributed by atoms with Gasteiger partial charge in [0, 0.05) is 37.6 Å². The van der Waals surface area contributed by atoms with Gasteiger partial charge >= 0.3 is 18.2 Å². The van der Waals surface area contributed by atoms with Crippen LogP contribution in [0.2, 0.25) is 0 Å². The number of nitrogens with zero attached hydrogens (tertiary/aromatic N) is 2. The smallest absolute Gasteiger partial charge is 0.416 e. The fraction of sp³-hybridized carbons (Fsp3) is 0.240. The number of rotatable bonds is 8. The average molecular weight is 471 g/mol. The zero-order valence-corrected chi connectivity index (χ0v) is 18.5. The molecule has 3 rings (SSSR count). The Kier molecular flexibility index (Phi) is 7.88. The maximum absolute atomic E-state index is 13.4. The van der Waals surface area contributed by atoms with E-state index in [9.17, 15) is 22.8 Å². The number of aromatic nitrogens is 1. The molecule has 0 aliphatic rings. The van der Waals surface area contributed by atoms with Crippen molar-refractivity contribution in [1.29, 1.82) is 0 Å². The van der Waals surface area contributed by atoms with Crippen molar-refractivity contribution in [1.82, 2.24) is 15.2 Å². The number of pyridine rings is 1. The van der Waals surface area contributed by atoms with Gasteiger partial charge in [-0.1, -0.05) is 36.4 Å². The molecular weight excluding hydrogens is 447 g/mol. The lowest BCUT2D eigenvalue weighted by Crippen LogP contribution is -2.39. The first-order valence-corrected chi connectivity index (χ1v) is 10.6. The molecule has 2 N–H and O–H groups in total. The van der Waals surface area contributed by atoms with Gasteiger partial charge in [0.1, 0.15) is 0 Å². The van der Waals surface area contributed by atoms with E-state index >= 15 is 0 Å². The van der Waals surface area contributed by atoms with Gasteiger partial charge in [0.05, 0.1) is 12.0 Å². The van der Waals surface area contributed by atoms with Gasteiger partial charge in [0.25, 0.3) is 0 Å². The van der Waals surface area contributed by atoms with Crippen molar-refractivity contribution in [2.45, 2.75) is 32.6 Å². The highest BCUT2D eigenvalue weighted by Gasteiger charge is 2.31. The molecule has 0 radical (unpaired) electrons. The van der Waals surface area contributed by atoms with Crippen molar-refractivity contribution >= 4 is 12.0 Å². The van der Waals surface area contributed by atoms with E-state index in [2.05, 4.69) is 10.3 Å². The Morgan fingerprint density at radius 3 is 2.41 bits per heavy atom. The Balaban J connectivity index is 1.91. The molecule has 0 bridgehead atoms. The summed E-state index contributed by atoms with van der Waals surface area (Å²) in [7, 11) is 0. The summed E-state index contributed by atoms with van der Waals surface area (Å²) < 4.78 is 40.3. The molecule has 0 spiro atoms. The standard InChI is InChI=1S/C25H24F3N3O3/c1-2-31(24(34)30-14-17-6-4-3-5-7-17)16-20-12-21(25(26,27)28)8-9-22(20)19-10-18(11-23(32)33)13-29-15-19/h3-10,12-13,15H,2,11,14,16H2,1H3,(H,30,34)(H,32,33). The lowest BCUT2D eigenvalue weighted by molar-refractivity contribution is -0.138. The molecule has 2 amide bonds. The molecule has 0 atom stereocenters. The molecule has 3 aromatic rings. The van der Waals surface area contributed by atoms with Crippen LogP contribution < -0.4 is 5.32 Å². The van der Waals surface area contributed by atoms with Gasteiger partial charge in [-0.25, -0.2) is 4.79 Å². The van der Waals surface area contributed by atoms with Crippen LogP contribution in [0.5, 0.6) is 0 Å². The molecular formula is C25H24F3N3O3. The zero-order valence-electron chi connectivity index (χ0n) is 18.5. The highest BCUT2D eigenvalue weighted by molar-refractivity contribution is 5.76. The third-order valence-corrected chi connectivity index (χ3v) is 5.21. The van der Waals surface area contributed by atoms with Crippen molar-refractivity contribution in [3.63, 3.8) is 0 Å².